The number of carbonyl (C=O) groups excluding carboxylic acids is 1. The van der Waals surface area contributed by atoms with Crippen molar-refractivity contribution in [1.29, 1.82) is 0 Å². The Morgan fingerprint density at radius 1 is 1.15 bits per heavy atom. The van der Waals surface area contributed by atoms with Gasteiger partial charge in [-0.3, -0.25) is 4.79 Å². The monoisotopic (exact) mass is 460 g/mol. The molecule has 6 heterocycles. The van der Waals surface area contributed by atoms with E-state index in [2.05, 4.69) is 42.3 Å². The summed E-state index contributed by atoms with van der Waals surface area (Å²) in [6.07, 6.45) is 7.06. The van der Waals surface area contributed by atoms with E-state index in [0.29, 0.717) is 29.8 Å². The molecule has 0 aromatic carbocycles. The molecular formula is C23H24N8OS. The first kappa shape index (κ1) is 20.2. The summed E-state index contributed by atoms with van der Waals surface area (Å²) < 4.78 is 1.05. The third-order valence-corrected chi connectivity index (χ3v) is 7.93. The smallest absolute Gasteiger partial charge is 0.275 e. The van der Waals surface area contributed by atoms with Gasteiger partial charge in [-0.15, -0.1) is 4.80 Å². The molecule has 1 N–H and O–H groups in total. The number of hydrogen-bond donors (Lipinski definition) is 1. The molecule has 33 heavy (non-hydrogen) atoms. The Labute approximate surface area is 194 Å². The summed E-state index contributed by atoms with van der Waals surface area (Å²) in [7, 11) is 0. The Balaban J connectivity index is 1.31. The zero-order valence-electron chi connectivity index (χ0n) is 18.4. The van der Waals surface area contributed by atoms with Crippen molar-refractivity contribution in [2.45, 2.75) is 38.8 Å². The topological polar surface area (TPSA) is 102 Å². The average Bonchev–Trinajstić information content (AvgIpc) is 3.46. The van der Waals surface area contributed by atoms with Crippen molar-refractivity contribution in [3.05, 3.63) is 54.2 Å². The molecule has 1 aliphatic carbocycles. The molecule has 10 heteroatoms. The maximum Gasteiger partial charge on any atom is 0.275 e. The number of aryl methyl sites for hydroxylation is 1. The summed E-state index contributed by atoms with van der Waals surface area (Å²) >= 11 is 1.59. The lowest BCUT2D eigenvalue weighted by molar-refractivity contribution is -0.0505. The molecule has 0 spiro atoms. The fourth-order valence-electron chi connectivity index (χ4n) is 5.09. The minimum Gasteiger partial charge on any atom is -0.359 e. The molecule has 4 aromatic heterocycles. The molecule has 2 bridgehead atoms. The van der Waals surface area contributed by atoms with E-state index in [1.165, 1.54) is 4.80 Å². The minimum atomic E-state index is -0.0567. The summed E-state index contributed by atoms with van der Waals surface area (Å²) in [5, 5.41) is 12.8. The highest BCUT2D eigenvalue weighted by atomic mass is 32.1. The van der Waals surface area contributed by atoms with Crippen LogP contribution in [-0.2, 0) is 0 Å². The van der Waals surface area contributed by atoms with Crippen LogP contribution in [0.5, 0.6) is 0 Å². The zero-order valence-corrected chi connectivity index (χ0v) is 19.2. The highest BCUT2D eigenvalue weighted by molar-refractivity contribution is 7.22. The van der Waals surface area contributed by atoms with Gasteiger partial charge in [-0.2, -0.15) is 10.2 Å². The van der Waals surface area contributed by atoms with Crippen LogP contribution in [0, 0.1) is 18.8 Å². The lowest BCUT2D eigenvalue weighted by Gasteiger charge is -2.57. The fraction of sp³-hybridized carbons (Fsp3) is 0.391. The van der Waals surface area contributed by atoms with E-state index in [-0.39, 0.29) is 18.0 Å². The summed E-state index contributed by atoms with van der Waals surface area (Å²) in [6.45, 7) is 4.79. The molecule has 3 aliphatic rings. The number of carbonyl (C=O) groups is 1. The third kappa shape index (κ3) is 3.45. The van der Waals surface area contributed by atoms with Gasteiger partial charge in [-0.25, -0.2) is 15.0 Å². The molecule has 2 aliphatic heterocycles. The first-order valence-corrected chi connectivity index (χ1v) is 12.0. The summed E-state index contributed by atoms with van der Waals surface area (Å²) in [5.41, 5.74) is 2.55. The predicted octanol–water partition coefficient (Wildman–Crippen LogP) is 3.33. The van der Waals surface area contributed by atoms with Gasteiger partial charge in [0.05, 0.1) is 23.1 Å². The molecule has 2 unspecified atom stereocenters. The SMILES string of the molecule is Cc1ccc(-n2nccn2)c(C(=O)N2C3CC(C3)C(C)C2CNc2nc3ncccc3s2)n1. The lowest BCUT2D eigenvalue weighted by Crippen LogP contribution is -2.64. The van der Waals surface area contributed by atoms with E-state index < -0.39 is 0 Å². The van der Waals surface area contributed by atoms with E-state index in [4.69, 9.17) is 0 Å². The Morgan fingerprint density at radius 2 is 1.97 bits per heavy atom. The number of nitrogens with zero attached hydrogens (tertiary/aromatic N) is 7. The molecule has 3 fully saturated rings. The molecule has 168 valence electrons. The molecule has 7 rings (SSSR count). The molecule has 4 aromatic rings. The highest BCUT2D eigenvalue weighted by Gasteiger charge is 2.51. The summed E-state index contributed by atoms with van der Waals surface area (Å²) in [6, 6.07) is 7.98. The number of aromatic nitrogens is 6. The number of hydrogen-bond acceptors (Lipinski definition) is 8. The minimum absolute atomic E-state index is 0.0516. The number of thiazole rings is 1. The number of amides is 1. The van der Waals surface area contributed by atoms with Gasteiger partial charge in [0.25, 0.3) is 5.91 Å². The first-order chi connectivity index (χ1) is 16.1. The van der Waals surface area contributed by atoms with Gasteiger partial charge >= 0.3 is 0 Å². The largest absolute Gasteiger partial charge is 0.359 e. The molecule has 0 radical (unpaired) electrons. The van der Waals surface area contributed by atoms with Crippen molar-refractivity contribution in [3.63, 3.8) is 0 Å². The van der Waals surface area contributed by atoms with Crippen LogP contribution in [0.2, 0.25) is 0 Å². The van der Waals surface area contributed by atoms with Crippen LogP contribution in [0.4, 0.5) is 5.13 Å². The van der Waals surface area contributed by atoms with Crippen molar-refractivity contribution < 1.29 is 4.79 Å². The van der Waals surface area contributed by atoms with E-state index >= 15 is 0 Å². The standard InChI is InChI=1S/C23H24N8OS/c1-13-5-6-17(31-26-8-9-27-31)20(28-13)22(32)30-16-10-15(11-16)14(2)18(30)12-25-23-29-21-19(33-23)4-3-7-24-21/h3-9,14-16,18H,10-12H2,1-2H3,(H,24,25,29). The van der Waals surface area contributed by atoms with Gasteiger partial charge in [0.2, 0.25) is 0 Å². The van der Waals surface area contributed by atoms with Gasteiger partial charge in [0.1, 0.15) is 5.69 Å². The zero-order chi connectivity index (χ0) is 22.5. The molecular weight excluding hydrogens is 436 g/mol. The second-order valence-electron chi connectivity index (χ2n) is 8.89. The number of piperidine rings is 2. The normalized spacial score (nSPS) is 24.0. The molecule has 9 nitrogen and oxygen atoms in total. The maximum atomic E-state index is 14.0. The van der Waals surface area contributed by atoms with Crippen molar-refractivity contribution in [2.75, 3.05) is 11.9 Å². The van der Waals surface area contributed by atoms with Crippen LogP contribution in [0.25, 0.3) is 16.0 Å². The number of nitrogens with one attached hydrogen (secondary N) is 1. The Kier molecular flexibility index (Phi) is 4.83. The lowest BCUT2D eigenvalue weighted by atomic mass is 9.64. The Morgan fingerprint density at radius 3 is 2.76 bits per heavy atom. The van der Waals surface area contributed by atoms with Crippen LogP contribution in [0.1, 0.15) is 35.9 Å². The summed E-state index contributed by atoms with van der Waals surface area (Å²) in [4.78, 5) is 31.0. The quantitative estimate of drug-likeness (QED) is 0.487. The molecule has 2 atom stereocenters. The number of anilines is 1. The fourth-order valence-corrected chi connectivity index (χ4v) is 5.92. The van der Waals surface area contributed by atoms with Crippen LogP contribution in [0.3, 0.4) is 0 Å². The van der Waals surface area contributed by atoms with Gasteiger partial charge in [0.15, 0.2) is 16.5 Å². The van der Waals surface area contributed by atoms with Crippen molar-refractivity contribution in [3.8, 4) is 5.69 Å². The van der Waals surface area contributed by atoms with E-state index in [1.54, 1.807) is 29.9 Å². The first-order valence-electron chi connectivity index (χ1n) is 11.2. The Hall–Kier alpha value is -3.40. The number of pyridine rings is 2. The second kappa shape index (κ2) is 7.87. The molecule has 1 saturated carbocycles. The van der Waals surface area contributed by atoms with Crippen LogP contribution in [0.15, 0.2) is 42.9 Å². The second-order valence-corrected chi connectivity index (χ2v) is 9.92. The highest BCUT2D eigenvalue weighted by Crippen LogP contribution is 2.47. The number of fused-ring (bicyclic) bond motifs is 3. The van der Waals surface area contributed by atoms with Gasteiger partial charge in [0, 0.05) is 24.5 Å². The van der Waals surface area contributed by atoms with Crippen molar-refractivity contribution >= 4 is 32.7 Å². The van der Waals surface area contributed by atoms with Gasteiger partial charge < -0.3 is 10.2 Å². The van der Waals surface area contributed by atoms with Crippen LogP contribution in [-0.4, -0.2) is 59.4 Å². The number of rotatable bonds is 5. The molecule has 1 amide bonds. The van der Waals surface area contributed by atoms with Gasteiger partial charge in [-0.1, -0.05) is 18.3 Å². The molecule has 2 saturated heterocycles. The van der Waals surface area contributed by atoms with Crippen LogP contribution < -0.4 is 5.32 Å². The van der Waals surface area contributed by atoms with Crippen molar-refractivity contribution in [1.82, 2.24) is 34.8 Å². The third-order valence-electron chi connectivity index (χ3n) is 6.96. The summed E-state index contributed by atoms with van der Waals surface area (Å²) in [5.74, 6) is 0.981. The maximum absolute atomic E-state index is 14.0. The van der Waals surface area contributed by atoms with E-state index in [0.717, 1.165) is 34.0 Å². The van der Waals surface area contributed by atoms with E-state index in [1.807, 2.05) is 31.2 Å². The predicted molar refractivity (Wildman–Crippen MR) is 125 cm³/mol. The Bertz CT molecular complexity index is 1280. The van der Waals surface area contributed by atoms with Gasteiger partial charge in [-0.05, 0) is 55.9 Å². The van der Waals surface area contributed by atoms with Crippen LogP contribution >= 0.6 is 11.3 Å². The van der Waals surface area contributed by atoms with Crippen molar-refractivity contribution in [2.24, 2.45) is 11.8 Å². The average molecular weight is 461 g/mol. The van der Waals surface area contributed by atoms with E-state index in [9.17, 15) is 4.79 Å².